The van der Waals surface area contributed by atoms with E-state index in [1.165, 1.54) is 12.3 Å². The monoisotopic (exact) mass is 367 g/mol. The minimum Gasteiger partial charge on any atom is -0.478 e. The molecule has 3 rings (SSSR count). The molecule has 7 heteroatoms. The Morgan fingerprint density at radius 1 is 1.11 bits per heavy atom. The summed E-state index contributed by atoms with van der Waals surface area (Å²) < 4.78 is 8.54. The quantitative estimate of drug-likeness (QED) is 0.661. The minimum absolute atomic E-state index is 0.0406. The first kappa shape index (κ1) is 18.6. The van der Waals surface area contributed by atoms with Gasteiger partial charge in [0.15, 0.2) is 0 Å². The Labute approximate surface area is 156 Å². The van der Waals surface area contributed by atoms with Crippen molar-refractivity contribution < 1.29 is 14.6 Å². The number of aromatic carboxylic acids is 1. The fourth-order valence-corrected chi connectivity index (χ4v) is 2.75. The number of nitrogens with zero attached hydrogens (tertiary/aromatic N) is 3. The van der Waals surface area contributed by atoms with Crippen molar-refractivity contribution in [3.8, 4) is 0 Å². The van der Waals surface area contributed by atoms with E-state index < -0.39 is 5.97 Å². The third-order valence-corrected chi connectivity index (χ3v) is 4.13. The molecule has 0 radical (unpaired) electrons. The van der Waals surface area contributed by atoms with Crippen molar-refractivity contribution in [3.05, 3.63) is 87.6 Å². The number of ether oxygens (including phenoxy) is 1. The van der Waals surface area contributed by atoms with Gasteiger partial charge in [-0.1, -0.05) is 30.3 Å². The molecule has 0 saturated heterocycles. The molecule has 27 heavy (non-hydrogen) atoms. The lowest BCUT2D eigenvalue weighted by Gasteiger charge is -2.07. The van der Waals surface area contributed by atoms with E-state index in [1.807, 2.05) is 37.3 Å². The first-order valence-corrected chi connectivity index (χ1v) is 8.67. The Balaban J connectivity index is 1.72. The van der Waals surface area contributed by atoms with Crippen molar-refractivity contribution in [1.29, 1.82) is 0 Å². The average Bonchev–Trinajstić information content (AvgIpc) is 3.06. The van der Waals surface area contributed by atoms with E-state index in [-0.39, 0.29) is 17.7 Å². The summed E-state index contributed by atoms with van der Waals surface area (Å²) in [6, 6.07) is 12.9. The van der Waals surface area contributed by atoms with Crippen LogP contribution in [0.3, 0.4) is 0 Å². The second kappa shape index (κ2) is 8.46. The summed E-state index contributed by atoms with van der Waals surface area (Å²) in [5, 5.41) is 13.6. The Bertz CT molecular complexity index is 973. The van der Waals surface area contributed by atoms with E-state index >= 15 is 0 Å². The van der Waals surface area contributed by atoms with Gasteiger partial charge in [-0.25, -0.2) is 4.79 Å². The number of hydrogen-bond donors (Lipinski definition) is 1. The summed E-state index contributed by atoms with van der Waals surface area (Å²) in [6.07, 6.45) is 3.28. The molecular formula is C20H21N3O4. The number of pyridine rings is 1. The minimum atomic E-state index is -1.01. The van der Waals surface area contributed by atoms with E-state index in [0.717, 1.165) is 11.1 Å². The van der Waals surface area contributed by atoms with Crippen molar-refractivity contribution >= 4 is 5.97 Å². The van der Waals surface area contributed by atoms with Crippen LogP contribution in [-0.4, -0.2) is 32.0 Å². The highest BCUT2D eigenvalue weighted by molar-refractivity contribution is 5.88. The molecule has 0 aliphatic rings. The number of benzene rings is 1. The zero-order valence-electron chi connectivity index (χ0n) is 15.0. The highest BCUT2D eigenvalue weighted by Crippen LogP contribution is 2.12. The Hall–Kier alpha value is -3.19. The van der Waals surface area contributed by atoms with Gasteiger partial charge in [0.2, 0.25) is 0 Å². The van der Waals surface area contributed by atoms with Gasteiger partial charge < -0.3 is 14.4 Å². The lowest BCUT2D eigenvalue weighted by Crippen LogP contribution is -2.18. The molecule has 1 aromatic carbocycles. The zero-order valence-corrected chi connectivity index (χ0v) is 15.0. The highest BCUT2D eigenvalue weighted by atomic mass is 16.5. The van der Waals surface area contributed by atoms with Crippen molar-refractivity contribution in [2.75, 3.05) is 6.61 Å². The smallest absolute Gasteiger partial charge is 0.339 e. The van der Waals surface area contributed by atoms with E-state index in [9.17, 15) is 14.7 Å². The molecular weight excluding hydrogens is 346 g/mol. The van der Waals surface area contributed by atoms with Crippen molar-refractivity contribution in [1.82, 2.24) is 14.3 Å². The summed E-state index contributed by atoms with van der Waals surface area (Å²) in [6.45, 7) is 3.48. The molecule has 3 aromatic rings. The number of hydrogen-bond acceptors (Lipinski definition) is 4. The summed E-state index contributed by atoms with van der Waals surface area (Å²) >= 11 is 0. The maximum Gasteiger partial charge on any atom is 0.339 e. The molecule has 0 amide bonds. The Kier molecular flexibility index (Phi) is 5.83. The number of aromatic nitrogens is 3. The predicted molar refractivity (Wildman–Crippen MR) is 99.9 cm³/mol. The van der Waals surface area contributed by atoms with Gasteiger partial charge in [-0.15, -0.1) is 0 Å². The van der Waals surface area contributed by atoms with Crippen LogP contribution in [0.25, 0.3) is 0 Å². The molecule has 140 valence electrons. The lowest BCUT2D eigenvalue weighted by molar-refractivity contribution is 0.0688. The topological polar surface area (TPSA) is 86.4 Å². The molecule has 0 bridgehead atoms. The van der Waals surface area contributed by atoms with Crippen molar-refractivity contribution in [2.45, 2.75) is 26.6 Å². The highest BCUT2D eigenvalue weighted by Gasteiger charge is 2.15. The van der Waals surface area contributed by atoms with Gasteiger partial charge in [0.05, 0.1) is 19.7 Å². The van der Waals surface area contributed by atoms with Crippen LogP contribution in [0.2, 0.25) is 0 Å². The fraction of sp³-hybridized carbons (Fsp3) is 0.250. The van der Waals surface area contributed by atoms with Crippen LogP contribution in [0.1, 0.15) is 34.1 Å². The zero-order chi connectivity index (χ0) is 19.2. The summed E-state index contributed by atoms with van der Waals surface area (Å²) in [4.78, 5) is 23.1. The van der Waals surface area contributed by atoms with Crippen molar-refractivity contribution in [3.63, 3.8) is 0 Å². The molecule has 0 fully saturated rings. The van der Waals surface area contributed by atoms with E-state index in [4.69, 9.17) is 4.74 Å². The van der Waals surface area contributed by atoms with Gasteiger partial charge in [-0.3, -0.25) is 9.48 Å². The van der Waals surface area contributed by atoms with Crippen LogP contribution in [0.15, 0.2) is 59.7 Å². The molecule has 2 heterocycles. The van der Waals surface area contributed by atoms with Crippen LogP contribution in [-0.2, 0) is 24.4 Å². The largest absolute Gasteiger partial charge is 0.478 e. The number of rotatable bonds is 8. The maximum absolute atomic E-state index is 11.8. The number of carbonyl (C=O) groups is 1. The molecule has 1 N–H and O–H groups in total. The molecule has 2 aromatic heterocycles. The first-order valence-electron chi connectivity index (χ1n) is 8.67. The number of carboxylic acids is 1. The second-order valence-corrected chi connectivity index (χ2v) is 6.11. The van der Waals surface area contributed by atoms with Gasteiger partial charge in [0.1, 0.15) is 11.3 Å². The van der Waals surface area contributed by atoms with E-state index in [2.05, 4.69) is 5.10 Å². The molecule has 0 unspecified atom stereocenters. The third kappa shape index (κ3) is 4.71. The summed E-state index contributed by atoms with van der Waals surface area (Å²) in [5.74, 6) is -1.01. The van der Waals surface area contributed by atoms with Crippen LogP contribution < -0.4 is 5.56 Å². The Morgan fingerprint density at radius 3 is 2.44 bits per heavy atom. The predicted octanol–water partition coefficient (Wildman–Crippen LogP) is 2.38. The van der Waals surface area contributed by atoms with Gasteiger partial charge in [0, 0.05) is 25.1 Å². The molecule has 0 atom stereocenters. The van der Waals surface area contributed by atoms with Gasteiger partial charge in [0.25, 0.3) is 5.56 Å². The SMILES string of the molecule is CCOCc1nn(Cc2ccc(Cn3ccccc3=O)cc2)cc1C(=O)O. The summed E-state index contributed by atoms with van der Waals surface area (Å²) in [7, 11) is 0. The molecule has 0 aliphatic carbocycles. The summed E-state index contributed by atoms with van der Waals surface area (Å²) in [5.41, 5.74) is 2.53. The normalized spacial score (nSPS) is 10.9. The van der Waals surface area contributed by atoms with Crippen LogP contribution in [0.5, 0.6) is 0 Å². The van der Waals surface area contributed by atoms with Crippen LogP contribution in [0, 0.1) is 0 Å². The third-order valence-electron chi connectivity index (χ3n) is 4.13. The molecule has 0 saturated carbocycles. The van der Waals surface area contributed by atoms with E-state index in [1.54, 1.807) is 21.5 Å². The number of carboxylic acid groups (broad SMARTS) is 1. The average molecular weight is 367 g/mol. The van der Waals surface area contributed by atoms with Gasteiger partial charge in [-0.2, -0.15) is 5.10 Å². The molecule has 0 aliphatic heterocycles. The first-order chi connectivity index (χ1) is 13.1. The standard InChI is InChI=1S/C20H21N3O4/c1-2-27-14-18-17(20(25)26)13-23(21-18)12-16-8-6-15(7-9-16)11-22-10-4-3-5-19(22)24/h3-10,13H,2,11-12,14H2,1H3,(H,25,26). The lowest BCUT2D eigenvalue weighted by atomic mass is 10.1. The van der Waals surface area contributed by atoms with Crippen LogP contribution in [0.4, 0.5) is 0 Å². The molecule has 7 nitrogen and oxygen atoms in total. The maximum atomic E-state index is 11.8. The Morgan fingerprint density at radius 2 is 1.81 bits per heavy atom. The molecule has 0 spiro atoms. The van der Waals surface area contributed by atoms with Crippen LogP contribution >= 0.6 is 0 Å². The van der Waals surface area contributed by atoms with Crippen molar-refractivity contribution in [2.24, 2.45) is 0 Å². The van der Waals surface area contributed by atoms with E-state index in [0.29, 0.717) is 25.4 Å². The second-order valence-electron chi connectivity index (χ2n) is 6.11. The fourth-order valence-electron chi connectivity index (χ4n) is 2.75. The van der Waals surface area contributed by atoms with Gasteiger partial charge in [-0.05, 0) is 24.1 Å². The van der Waals surface area contributed by atoms with Gasteiger partial charge >= 0.3 is 5.97 Å².